The molecule has 2 fully saturated rings. The molecule has 6 nitrogen and oxygen atoms in total. The van der Waals surface area contributed by atoms with Crippen molar-refractivity contribution in [2.24, 2.45) is 0 Å². The lowest BCUT2D eigenvalue weighted by molar-refractivity contribution is -0.129. The Kier molecular flexibility index (Phi) is 6.52. The van der Waals surface area contributed by atoms with E-state index in [0.29, 0.717) is 25.4 Å². The molecule has 130 valence electrons. The largest absolute Gasteiger partial charge is 0.447 e. The highest BCUT2D eigenvalue weighted by Crippen LogP contribution is 2.25. The van der Waals surface area contributed by atoms with E-state index in [-0.39, 0.29) is 24.1 Å². The van der Waals surface area contributed by atoms with E-state index in [0.717, 1.165) is 23.6 Å². The van der Waals surface area contributed by atoms with Gasteiger partial charge in [-0.25, -0.2) is 4.79 Å². The monoisotopic (exact) mass is 359 g/mol. The first-order valence-electron chi connectivity index (χ1n) is 8.01. The molecule has 2 aliphatic rings. The van der Waals surface area contributed by atoms with Gasteiger partial charge in [-0.3, -0.25) is 9.69 Å². The van der Waals surface area contributed by atoms with Crippen LogP contribution in [0, 0.1) is 0 Å². The van der Waals surface area contributed by atoms with Crippen molar-refractivity contribution in [3.8, 4) is 0 Å². The number of piperidine rings is 1. The van der Waals surface area contributed by atoms with Gasteiger partial charge >= 0.3 is 6.09 Å². The highest BCUT2D eigenvalue weighted by Gasteiger charge is 2.38. The van der Waals surface area contributed by atoms with Gasteiger partial charge in [0, 0.05) is 33.2 Å². The summed E-state index contributed by atoms with van der Waals surface area (Å²) in [5.41, 5.74) is 0. The predicted octanol–water partition coefficient (Wildman–Crippen LogP) is 1.79. The van der Waals surface area contributed by atoms with Crippen LogP contribution in [-0.2, 0) is 9.53 Å². The number of carbonyl (C=O) groups excluding carboxylic acids is 2. The Balaban J connectivity index is 1.80. The Bertz CT molecular complexity index is 465. The number of amides is 2. The molecule has 0 radical (unpaired) electrons. The fourth-order valence-electron chi connectivity index (χ4n) is 2.97. The molecule has 1 unspecified atom stereocenters. The van der Waals surface area contributed by atoms with Crippen LogP contribution in [0.1, 0.15) is 26.2 Å². The van der Waals surface area contributed by atoms with Crippen molar-refractivity contribution < 1.29 is 14.3 Å². The summed E-state index contributed by atoms with van der Waals surface area (Å²) in [4.78, 5) is 29.8. The lowest BCUT2D eigenvalue weighted by Gasteiger charge is -2.37. The quantitative estimate of drug-likeness (QED) is 0.714. The van der Waals surface area contributed by atoms with Gasteiger partial charge in [0.2, 0.25) is 5.91 Å². The molecular weight excluding hydrogens is 334 g/mol. The van der Waals surface area contributed by atoms with Gasteiger partial charge in [0.1, 0.15) is 10.9 Å². The first kappa shape index (κ1) is 18.3. The Morgan fingerprint density at radius 2 is 2.04 bits per heavy atom. The number of carbonyl (C=O) groups is 2. The molecule has 2 amide bonds. The van der Waals surface area contributed by atoms with Crippen LogP contribution in [0.4, 0.5) is 4.79 Å². The lowest BCUT2D eigenvalue weighted by atomic mass is 10.0. The molecule has 2 saturated heterocycles. The minimum Gasteiger partial charge on any atom is -0.447 e. The second-order valence-corrected chi connectivity index (χ2v) is 7.72. The number of cyclic esters (lactones) is 1. The molecule has 0 aromatic heterocycles. The number of rotatable bonds is 4. The van der Waals surface area contributed by atoms with E-state index in [1.165, 1.54) is 11.8 Å². The number of thioether (sulfide) groups is 1. The topological polar surface area (TPSA) is 53.1 Å². The van der Waals surface area contributed by atoms with Crippen LogP contribution in [0.15, 0.2) is 0 Å². The zero-order valence-corrected chi connectivity index (χ0v) is 15.6. The van der Waals surface area contributed by atoms with Crippen molar-refractivity contribution >= 4 is 40.3 Å². The Morgan fingerprint density at radius 3 is 2.61 bits per heavy atom. The van der Waals surface area contributed by atoms with E-state index in [1.807, 2.05) is 28.8 Å². The molecule has 0 N–H and O–H groups in total. The highest BCUT2D eigenvalue weighted by atomic mass is 32.2. The molecular formula is C15H25N3O3S2. The fraction of sp³-hybridized carbons (Fsp3) is 0.800. The molecule has 0 spiro atoms. The number of likely N-dealkylation sites (tertiary alicyclic amines) is 1. The molecule has 0 aromatic carbocycles. The van der Waals surface area contributed by atoms with Crippen LogP contribution in [0.3, 0.4) is 0 Å². The second-order valence-electron chi connectivity index (χ2n) is 6.11. The van der Waals surface area contributed by atoms with Crippen LogP contribution >= 0.6 is 24.0 Å². The highest BCUT2D eigenvalue weighted by molar-refractivity contribution is 8.23. The number of hydrogen-bond acceptors (Lipinski definition) is 5. The van der Waals surface area contributed by atoms with Gasteiger partial charge < -0.3 is 14.5 Å². The summed E-state index contributed by atoms with van der Waals surface area (Å²) in [6.07, 6.45) is 2.34. The van der Waals surface area contributed by atoms with E-state index in [2.05, 4.69) is 6.92 Å². The summed E-state index contributed by atoms with van der Waals surface area (Å²) in [7, 11) is 3.76. The van der Waals surface area contributed by atoms with E-state index < -0.39 is 0 Å². The van der Waals surface area contributed by atoms with Gasteiger partial charge in [0.15, 0.2) is 0 Å². The first-order chi connectivity index (χ1) is 10.9. The van der Waals surface area contributed by atoms with Crippen LogP contribution in [0.25, 0.3) is 0 Å². The average molecular weight is 360 g/mol. The zero-order chi connectivity index (χ0) is 17.0. The molecule has 23 heavy (non-hydrogen) atoms. The van der Waals surface area contributed by atoms with Crippen molar-refractivity contribution in [3.63, 3.8) is 0 Å². The summed E-state index contributed by atoms with van der Waals surface area (Å²) >= 11 is 6.59. The van der Waals surface area contributed by atoms with Gasteiger partial charge in [-0.1, -0.05) is 30.9 Å². The van der Waals surface area contributed by atoms with Crippen molar-refractivity contribution in [1.29, 1.82) is 0 Å². The number of hydrogen-bond donors (Lipinski definition) is 0. The first-order valence-corrected chi connectivity index (χ1v) is 9.40. The van der Waals surface area contributed by atoms with E-state index in [4.69, 9.17) is 17.0 Å². The van der Waals surface area contributed by atoms with Crippen molar-refractivity contribution in [1.82, 2.24) is 14.7 Å². The number of thiocarbonyl (C=S) groups is 1. The predicted molar refractivity (Wildman–Crippen MR) is 95.6 cm³/mol. The summed E-state index contributed by atoms with van der Waals surface area (Å²) < 4.78 is 5.89. The summed E-state index contributed by atoms with van der Waals surface area (Å²) in [5.74, 6) is 0.499. The van der Waals surface area contributed by atoms with Crippen LogP contribution in [-0.4, -0.2) is 82.6 Å². The minimum absolute atomic E-state index is 0.119. The molecule has 2 heterocycles. The molecule has 2 rings (SSSR count). The molecule has 8 heteroatoms. The average Bonchev–Trinajstić information content (AvgIpc) is 2.93. The Labute approximate surface area is 147 Å². The molecule has 1 atom stereocenters. The SMILES string of the molecule is CCC1COC(=O)N1C1CCN(C(=O)CSC(=S)N(C)C)CC1. The second kappa shape index (κ2) is 8.19. The van der Waals surface area contributed by atoms with Gasteiger partial charge in [0.25, 0.3) is 0 Å². The van der Waals surface area contributed by atoms with Gasteiger partial charge in [-0.15, -0.1) is 0 Å². The van der Waals surface area contributed by atoms with Crippen molar-refractivity contribution in [2.75, 3.05) is 39.5 Å². The molecule has 2 aliphatic heterocycles. The third kappa shape index (κ3) is 4.50. The third-order valence-corrected chi connectivity index (χ3v) is 6.09. The van der Waals surface area contributed by atoms with E-state index >= 15 is 0 Å². The van der Waals surface area contributed by atoms with Crippen LogP contribution in [0.2, 0.25) is 0 Å². The van der Waals surface area contributed by atoms with Gasteiger partial charge in [0.05, 0.1) is 11.8 Å². The van der Waals surface area contributed by atoms with E-state index in [1.54, 1.807) is 0 Å². The number of nitrogens with zero attached hydrogens (tertiary/aromatic N) is 3. The summed E-state index contributed by atoms with van der Waals surface area (Å²) in [5, 5.41) is 0. The molecule has 0 bridgehead atoms. The summed E-state index contributed by atoms with van der Waals surface area (Å²) in [6.45, 7) is 3.95. The van der Waals surface area contributed by atoms with E-state index in [9.17, 15) is 9.59 Å². The fourth-order valence-corrected chi connectivity index (χ4v) is 3.83. The normalized spacial score (nSPS) is 22.2. The maximum Gasteiger partial charge on any atom is 0.410 e. The van der Waals surface area contributed by atoms with Gasteiger partial charge in [-0.05, 0) is 19.3 Å². The Morgan fingerprint density at radius 1 is 1.39 bits per heavy atom. The standard InChI is InChI=1S/C15H25N3O3S2/c1-4-11-9-21-14(20)18(11)12-5-7-17(8-6-12)13(19)10-23-15(22)16(2)3/h11-12H,4-10H2,1-3H3. The van der Waals surface area contributed by atoms with Crippen LogP contribution < -0.4 is 0 Å². The lowest BCUT2D eigenvalue weighted by Crippen LogP contribution is -2.50. The van der Waals surface area contributed by atoms with Crippen molar-refractivity contribution in [3.05, 3.63) is 0 Å². The van der Waals surface area contributed by atoms with Gasteiger partial charge in [-0.2, -0.15) is 0 Å². The maximum atomic E-state index is 12.3. The maximum absolute atomic E-state index is 12.3. The summed E-state index contributed by atoms with van der Waals surface area (Å²) in [6, 6.07) is 0.372. The van der Waals surface area contributed by atoms with Crippen LogP contribution in [0.5, 0.6) is 0 Å². The molecule has 0 aliphatic carbocycles. The minimum atomic E-state index is -0.200. The number of ether oxygens (including phenoxy) is 1. The van der Waals surface area contributed by atoms with Crippen molar-refractivity contribution in [2.45, 2.75) is 38.3 Å². The molecule has 0 saturated carbocycles. The zero-order valence-electron chi connectivity index (χ0n) is 14.0. The third-order valence-electron chi connectivity index (χ3n) is 4.37. The molecule has 0 aromatic rings. The Hall–Kier alpha value is -1.02. The smallest absolute Gasteiger partial charge is 0.410 e.